The molecule has 0 aromatic heterocycles. The fourth-order valence-electron chi connectivity index (χ4n) is 2.13. The van der Waals surface area contributed by atoms with E-state index in [9.17, 15) is 0 Å². The van der Waals surface area contributed by atoms with Crippen molar-refractivity contribution < 1.29 is 0 Å². The monoisotopic (exact) mass is 255 g/mol. The summed E-state index contributed by atoms with van der Waals surface area (Å²) >= 11 is 0. The largest absolute Gasteiger partial charge is 0.343 e. The van der Waals surface area contributed by atoms with Gasteiger partial charge in [0.2, 0.25) is 0 Å². The van der Waals surface area contributed by atoms with Crippen LogP contribution in [0.2, 0.25) is 0 Å². The summed E-state index contributed by atoms with van der Waals surface area (Å²) in [6, 6.07) is 0. The van der Waals surface area contributed by atoms with Crippen LogP contribution in [0.25, 0.3) is 0 Å². The van der Waals surface area contributed by atoms with Crippen molar-refractivity contribution in [3.63, 3.8) is 0 Å². The highest BCUT2D eigenvalue weighted by atomic mass is 15.4. The molecule has 0 saturated heterocycles. The van der Waals surface area contributed by atoms with Gasteiger partial charge in [-0.3, -0.25) is 4.99 Å². The molecule has 0 saturated carbocycles. The topological polar surface area (TPSA) is 18.8 Å². The number of rotatable bonds is 9. The molecule has 3 heteroatoms. The first kappa shape index (κ1) is 17.3. The predicted molar refractivity (Wildman–Crippen MR) is 82.3 cm³/mol. The summed E-state index contributed by atoms with van der Waals surface area (Å²) in [6.45, 7) is 16.2. The van der Waals surface area contributed by atoms with Crippen molar-refractivity contribution in [1.82, 2.24) is 9.80 Å². The number of unbranched alkanes of at least 4 members (excludes halogenated alkanes) is 3. The Morgan fingerprint density at radius 1 is 0.722 bits per heavy atom. The Balaban J connectivity index is 4.48. The third kappa shape index (κ3) is 6.27. The first-order valence-corrected chi connectivity index (χ1v) is 7.79. The molecule has 0 N–H and O–H groups in total. The zero-order valence-electron chi connectivity index (χ0n) is 13.2. The van der Waals surface area contributed by atoms with Crippen LogP contribution in [-0.4, -0.2) is 48.5 Å². The number of hydrogen-bond donors (Lipinski definition) is 0. The van der Waals surface area contributed by atoms with Crippen LogP contribution in [0.4, 0.5) is 0 Å². The van der Waals surface area contributed by atoms with Crippen LogP contribution < -0.4 is 0 Å². The van der Waals surface area contributed by atoms with E-state index in [1.807, 2.05) is 0 Å². The Labute approximate surface area is 114 Å². The van der Waals surface area contributed by atoms with Crippen molar-refractivity contribution in [1.29, 1.82) is 0 Å². The molecular weight excluding hydrogens is 222 g/mol. The number of guanidine groups is 1. The Hall–Kier alpha value is -0.730. The zero-order valence-corrected chi connectivity index (χ0v) is 13.2. The molecule has 0 rings (SSSR count). The lowest BCUT2D eigenvalue weighted by Gasteiger charge is -2.32. The third-order valence-corrected chi connectivity index (χ3v) is 3.36. The van der Waals surface area contributed by atoms with Gasteiger partial charge in [-0.05, 0) is 34.1 Å². The maximum atomic E-state index is 4.85. The second-order valence-electron chi connectivity index (χ2n) is 4.59. The van der Waals surface area contributed by atoms with Crippen molar-refractivity contribution in [2.24, 2.45) is 4.99 Å². The second-order valence-corrected chi connectivity index (χ2v) is 4.59. The van der Waals surface area contributed by atoms with E-state index < -0.39 is 0 Å². The minimum atomic E-state index is 0.975. The maximum Gasteiger partial charge on any atom is 0.196 e. The number of hydrogen-bond acceptors (Lipinski definition) is 1. The van der Waals surface area contributed by atoms with Gasteiger partial charge in [0.25, 0.3) is 0 Å². The Morgan fingerprint density at radius 3 is 1.61 bits per heavy atom. The molecule has 0 bridgehead atoms. The van der Waals surface area contributed by atoms with E-state index in [-0.39, 0.29) is 0 Å². The molecule has 0 aromatic carbocycles. The van der Waals surface area contributed by atoms with Gasteiger partial charge in [0.05, 0.1) is 0 Å². The van der Waals surface area contributed by atoms with Crippen LogP contribution in [0.3, 0.4) is 0 Å². The Morgan fingerprint density at radius 2 is 1.22 bits per heavy atom. The SMILES string of the molecule is CCCCCCN=C(N(CC)CC)N(CC)CC. The van der Waals surface area contributed by atoms with E-state index in [0.29, 0.717) is 0 Å². The molecule has 0 aliphatic heterocycles. The van der Waals surface area contributed by atoms with Crippen LogP contribution in [0.5, 0.6) is 0 Å². The molecule has 108 valence electrons. The summed E-state index contributed by atoms with van der Waals surface area (Å²) in [4.78, 5) is 9.58. The molecule has 0 spiro atoms. The van der Waals surface area contributed by atoms with Crippen LogP contribution in [-0.2, 0) is 0 Å². The van der Waals surface area contributed by atoms with E-state index in [2.05, 4.69) is 44.4 Å². The summed E-state index contributed by atoms with van der Waals surface area (Å²) in [5, 5.41) is 0. The smallest absolute Gasteiger partial charge is 0.196 e. The zero-order chi connectivity index (χ0) is 13.8. The van der Waals surface area contributed by atoms with Gasteiger partial charge in [-0.2, -0.15) is 0 Å². The van der Waals surface area contributed by atoms with Gasteiger partial charge in [-0.1, -0.05) is 26.2 Å². The number of aliphatic imine (C=N–C) groups is 1. The molecule has 0 heterocycles. The highest BCUT2D eigenvalue weighted by Crippen LogP contribution is 2.03. The van der Waals surface area contributed by atoms with Gasteiger partial charge in [-0.15, -0.1) is 0 Å². The van der Waals surface area contributed by atoms with E-state index in [4.69, 9.17) is 4.99 Å². The Kier molecular flexibility index (Phi) is 10.9. The molecule has 0 aliphatic carbocycles. The lowest BCUT2D eigenvalue weighted by molar-refractivity contribution is 0.348. The summed E-state index contributed by atoms with van der Waals surface area (Å²) in [5.41, 5.74) is 0. The van der Waals surface area contributed by atoms with Gasteiger partial charge >= 0.3 is 0 Å². The van der Waals surface area contributed by atoms with Crippen molar-refractivity contribution in [2.75, 3.05) is 32.7 Å². The summed E-state index contributed by atoms with van der Waals surface area (Å²) in [6.07, 6.45) is 5.16. The molecule has 0 aliphatic rings. The average molecular weight is 255 g/mol. The Bertz CT molecular complexity index is 192. The van der Waals surface area contributed by atoms with Gasteiger partial charge < -0.3 is 9.80 Å². The minimum absolute atomic E-state index is 0.975. The van der Waals surface area contributed by atoms with Crippen molar-refractivity contribution in [3.8, 4) is 0 Å². The van der Waals surface area contributed by atoms with Gasteiger partial charge in [0.1, 0.15) is 0 Å². The highest BCUT2D eigenvalue weighted by Gasteiger charge is 2.12. The van der Waals surface area contributed by atoms with Crippen molar-refractivity contribution in [3.05, 3.63) is 0 Å². The van der Waals surface area contributed by atoms with Crippen molar-refractivity contribution in [2.45, 2.75) is 60.3 Å². The fourth-order valence-corrected chi connectivity index (χ4v) is 2.13. The summed E-state index contributed by atoms with van der Waals surface area (Å²) < 4.78 is 0. The lowest BCUT2D eigenvalue weighted by Crippen LogP contribution is -2.44. The van der Waals surface area contributed by atoms with Crippen LogP contribution in [0.15, 0.2) is 4.99 Å². The van der Waals surface area contributed by atoms with Crippen LogP contribution in [0, 0.1) is 0 Å². The summed E-state index contributed by atoms with van der Waals surface area (Å²) in [5.74, 6) is 1.20. The molecule has 0 unspecified atom stereocenters. The van der Waals surface area contributed by atoms with Crippen LogP contribution in [0.1, 0.15) is 60.3 Å². The number of nitrogens with zero attached hydrogens (tertiary/aromatic N) is 3. The molecule has 18 heavy (non-hydrogen) atoms. The van der Waals surface area contributed by atoms with Gasteiger partial charge in [0.15, 0.2) is 5.96 Å². The second kappa shape index (κ2) is 11.4. The first-order valence-electron chi connectivity index (χ1n) is 7.79. The van der Waals surface area contributed by atoms with Gasteiger partial charge in [0, 0.05) is 32.7 Å². The molecule has 0 aromatic rings. The normalized spacial score (nSPS) is 10.3. The quantitative estimate of drug-likeness (QED) is 0.356. The van der Waals surface area contributed by atoms with E-state index in [1.165, 1.54) is 31.6 Å². The van der Waals surface area contributed by atoms with Gasteiger partial charge in [-0.25, -0.2) is 0 Å². The molecule has 0 radical (unpaired) electrons. The average Bonchev–Trinajstić information content (AvgIpc) is 2.40. The minimum Gasteiger partial charge on any atom is -0.343 e. The summed E-state index contributed by atoms with van der Waals surface area (Å²) in [7, 11) is 0. The van der Waals surface area contributed by atoms with E-state index >= 15 is 0 Å². The highest BCUT2D eigenvalue weighted by molar-refractivity contribution is 5.80. The molecule has 0 fully saturated rings. The molecule has 0 amide bonds. The molecule has 3 nitrogen and oxygen atoms in total. The van der Waals surface area contributed by atoms with Crippen LogP contribution >= 0.6 is 0 Å². The predicted octanol–water partition coefficient (Wildman–Crippen LogP) is 3.61. The molecule has 0 atom stereocenters. The molecular formula is C15H33N3. The third-order valence-electron chi connectivity index (χ3n) is 3.36. The lowest BCUT2D eigenvalue weighted by atomic mass is 10.2. The fraction of sp³-hybridized carbons (Fsp3) is 0.933. The van der Waals surface area contributed by atoms with Crippen molar-refractivity contribution >= 4 is 5.96 Å². The van der Waals surface area contributed by atoms with E-state index in [1.54, 1.807) is 0 Å². The standard InChI is InChI=1S/C15H33N3/c1-6-11-12-13-14-16-15(17(7-2)8-3)18(9-4)10-5/h6-14H2,1-5H3. The first-order chi connectivity index (χ1) is 8.74. The maximum absolute atomic E-state index is 4.85. The van der Waals surface area contributed by atoms with E-state index in [0.717, 1.165) is 32.7 Å².